The molecule has 0 aromatic carbocycles. The Bertz CT molecular complexity index is 837. The van der Waals surface area contributed by atoms with E-state index < -0.39 is 17.4 Å². The topological polar surface area (TPSA) is 98.6 Å². The molecule has 1 fully saturated rings. The molecule has 3 rings (SSSR count). The summed E-state index contributed by atoms with van der Waals surface area (Å²) >= 11 is 1.54. The summed E-state index contributed by atoms with van der Waals surface area (Å²) in [6, 6.07) is 5.12. The monoisotopic (exact) mass is 378 g/mol. The average Bonchev–Trinajstić information content (AvgIpc) is 3.16. The van der Waals surface area contributed by atoms with E-state index >= 15 is 0 Å². The van der Waals surface area contributed by atoms with Gasteiger partial charge in [-0.15, -0.1) is 11.3 Å². The smallest absolute Gasteiger partial charge is 0.328 e. The molecular weight excluding hydrogens is 356 g/mol. The SMILES string of the molecule is O=C(CCn1ccc(=O)[nH]c1=O)N1CCN(CC(O)c2cccs2)CC1. The highest BCUT2D eigenvalue weighted by molar-refractivity contribution is 7.10. The van der Waals surface area contributed by atoms with Crippen molar-refractivity contribution in [2.45, 2.75) is 19.1 Å². The summed E-state index contributed by atoms with van der Waals surface area (Å²) in [6.45, 7) is 3.45. The van der Waals surface area contributed by atoms with E-state index in [0.29, 0.717) is 32.7 Å². The summed E-state index contributed by atoms with van der Waals surface area (Å²) in [4.78, 5) is 42.1. The Kier molecular flexibility index (Phi) is 6.02. The molecule has 0 radical (unpaired) electrons. The number of aliphatic hydroxyl groups excluding tert-OH is 1. The van der Waals surface area contributed by atoms with Crippen molar-refractivity contribution in [1.82, 2.24) is 19.4 Å². The molecule has 2 aromatic rings. The molecule has 0 spiro atoms. The third-order valence-electron chi connectivity index (χ3n) is 4.49. The maximum absolute atomic E-state index is 12.3. The standard InChI is InChI=1S/C17H22N4O4S/c22-13(14-2-1-11-26-14)12-19-7-9-20(10-8-19)16(24)4-6-21-5-3-15(23)18-17(21)25/h1-3,5,11,13,22H,4,6-10,12H2,(H,18,23,25). The Labute approximate surface area is 154 Å². The van der Waals surface area contributed by atoms with E-state index in [1.54, 1.807) is 16.2 Å². The van der Waals surface area contributed by atoms with E-state index in [0.717, 1.165) is 4.88 Å². The van der Waals surface area contributed by atoms with Gasteiger partial charge in [0.2, 0.25) is 5.91 Å². The third kappa shape index (κ3) is 4.69. The number of thiophene rings is 1. The minimum atomic E-state index is -0.502. The molecule has 1 aliphatic rings. The van der Waals surface area contributed by atoms with Gasteiger partial charge in [-0.3, -0.25) is 19.5 Å². The first kappa shape index (κ1) is 18.6. The molecule has 26 heavy (non-hydrogen) atoms. The molecule has 1 amide bonds. The number of piperazine rings is 1. The van der Waals surface area contributed by atoms with Crippen molar-refractivity contribution in [1.29, 1.82) is 0 Å². The number of hydrogen-bond donors (Lipinski definition) is 2. The normalized spacial score (nSPS) is 16.6. The molecule has 0 aliphatic carbocycles. The van der Waals surface area contributed by atoms with E-state index in [4.69, 9.17) is 0 Å². The summed E-state index contributed by atoms with van der Waals surface area (Å²) in [7, 11) is 0. The van der Waals surface area contributed by atoms with Gasteiger partial charge in [0.25, 0.3) is 5.56 Å². The second-order valence-corrected chi connectivity index (χ2v) is 7.25. The van der Waals surface area contributed by atoms with Gasteiger partial charge in [0.15, 0.2) is 0 Å². The van der Waals surface area contributed by atoms with Crippen molar-refractivity contribution in [2.75, 3.05) is 32.7 Å². The zero-order valence-electron chi connectivity index (χ0n) is 14.3. The summed E-state index contributed by atoms with van der Waals surface area (Å²) in [6.07, 6.45) is 1.12. The lowest BCUT2D eigenvalue weighted by Gasteiger charge is -2.35. The van der Waals surface area contributed by atoms with Crippen molar-refractivity contribution in [3.63, 3.8) is 0 Å². The molecule has 1 unspecified atom stereocenters. The molecule has 1 aliphatic heterocycles. The Morgan fingerprint density at radius 2 is 2.00 bits per heavy atom. The minimum absolute atomic E-state index is 0.0124. The number of aromatic amines is 1. The number of nitrogens with one attached hydrogen (secondary N) is 1. The van der Waals surface area contributed by atoms with E-state index in [9.17, 15) is 19.5 Å². The number of amides is 1. The van der Waals surface area contributed by atoms with E-state index in [-0.39, 0.29) is 18.9 Å². The molecule has 9 heteroatoms. The highest BCUT2D eigenvalue weighted by Crippen LogP contribution is 2.20. The van der Waals surface area contributed by atoms with Crippen LogP contribution in [0.1, 0.15) is 17.4 Å². The summed E-state index contributed by atoms with van der Waals surface area (Å²) in [5, 5.41) is 12.2. The van der Waals surface area contributed by atoms with Crippen LogP contribution in [0.4, 0.5) is 0 Å². The fourth-order valence-electron chi connectivity index (χ4n) is 2.99. The lowest BCUT2D eigenvalue weighted by atomic mass is 10.2. The highest BCUT2D eigenvalue weighted by Gasteiger charge is 2.23. The molecule has 3 heterocycles. The maximum Gasteiger partial charge on any atom is 0.328 e. The molecule has 0 saturated carbocycles. The van der Waals surface area contributed by atoms with Crippen LogP contribution < -0.4 is 11.2 Å². The number of aryl methyl sites for hydroxylation is 1. The van der Waals surface area contributed by atoms with Gasteiger partial charge in [-0.1, -0.05) is 6.07 Å². The number of carbonyl (C=O) groups excluding carboxylic acids is 1. The van der Waals surface area contributed by atoms with Gasteiger partial charge in [0.1, 0.15) is 6.10 Å². The van der Waals surface area contributed by atoms with E-state index in [1.165, 1.54) is 16.8 Å². The van der Waals surface area contributed by atoms with E-state index in [2.05, 4.69) is 9.88 Å². The number of nitrogens with zero attached hydrogens (tertiary/aromatic N) is 3. The number of aromatic nitrogens is 2. The maximum atomic E-state index is 12.3. The van der Waals surface area contributed by atoms with Crippen LogP contribution in [0, 0.1) is 0 Å². The number of rotatable bonds is 6. The quantitative estimate of drug-likeness (QED) is 0.729. The van der Waals surface area contributed by atoms with Crippen LogP contribution in [0.25, 0.3) is 0 Å². The molecule has 1 saturated heterocycles. The van der Waals surface area contributed by atoms with Crippen molar-refractivity contribution in [3.8, 4) is 0 Å². The number of H-pyrrole nitrogens is 1. The fourth-order valence-corrected chi connectivity index (χ4v) is 3.69. The first-order valence-electron chi connectivity index (χ1n) is 8.54. The van der Waals surface area contributed by atoms with Crippen molar-refractivity contribution >= 4 is 17.2 Å². The van der Waals surface area contributed by atoms with Crippen molar-refractivity contribution < 1.29 is 9.90 Å². The van der Waals surface area contributed by atoms with Gasteiger partial charge in [0.05, 0.1) is 0 Å². The van der Waals surface area contributed by atoms with Crippen LogP contribution in [0.5, 0.6) is 0 Å². The Morgan fingerprint density at radius 3 is 2.65 bits per heavy atom. The first-order valence-corrected chi connectivity index (χ1v) is 9.42. The fraction of sp³-hybridized carbons (Fsp3) is 0.471. The van der Waals surface area contributed by atoms with Gasteiger partial charge in [-0.05, 0) is 11.4 Å². The van der Waals surface area contributed by atoms with Gasteiger partial charge < -0.3 is 14.6 Å². The summed E-state index contributed by atoms with van der Waals surface area (Å²) < 4.78 is 1.33. The zero-order valence-corrected chi connectivity index (χ0v) is 15.2. The minimum Gasteiger partial charge on any atom is -0.386 e. The molecule has 140 valence electrons. The van der Waals surface area contributed by atoms with Crippen LogP contribution in [0.3, 0.4) is 0 Å². The zero-order chi connectivity index (χ0) is 18.5. The number of β-amino-alcohol motifs (C(OH)–C–C–N with tert-alkyl or cyclic N) is 1. The first-order chi connectivity index (χ1) is 12.5. The Hall–Kier alpha value is -2.23. The number of hydrogen-bond acceptors (Lipinski definition) is 6. The molecule has 2 aromatic heterocycles. The van der Waals surface area contributed by atoms with Crippen LogP contribution in [0.15, 0.2) is 39.4 Å². The van der Waals surface area contributed by atoms with Gasteiger partial charge >= 0.3 is 5.69 Å². The van der Waals surface area contributed by atoms with Gasteiger partial charge in [0, 0.05) is 62.8 Å². The number of carbonyl (C=O) groups is 1. The summed E-state index contributed by atoms with van der Waals surface area (Å²) in [5.74, 6) is -0.0124. The Morgan fingerprint density at radius 1 is 1.23 bits per heavy atom. The molecule has 1 atom stereocenters. The lowest BCUT2D eigenvalue weighted by molar-refractivity contribution is -0.133. The molecule has 2 N–H and O–H groups in total. The van der Waals surface area contributed by atoms with Crippen LogP contribution in [-0.4, -0.2) is 63.1 Å². The second-order valence-electron chi connectivity index (χ2n) is 6.27. The number of aliphatic hydroxyl groups is 1. The molecular formula is C17H22N4O4S. The van der Waals surface area contributed by atoms with Gasteiger partial charge in [-0.2, -0.15) is 0 Å². The predicted molar refractivity (Wildman–Crippen MR) is 98.2 cm³/mol. The van der Waals surface area contributed by atoms with E-state index in [1.807, 2.05) is 17.5 Å². The van der Waals surface area contributed by atoms with Crippen molar-refractivity contribution in [2.24, 2.45) is 0 Å². The molecule has 0 bridgehead atoms. The lowest BCUT2D eigenvalue weighted by Crippen LogP contribution is -2.49. The third-order valence-corrected chi connectivity index (χ3v) is 5.46. The second kappa shape index (κ2) is 8.43. The van der Waals surface area contributed by atoms with Crippen LogP contribution >= 0.6 is 11.3 Å². The Balaban J connectivity index is 1.44. The van der Waals surface area contributed by atoms with Crippen LogP contribution in [-0.2, 0) is 11.3 Å². The summed E-state index contributed by atoms with van der Waals surface area (Å²) in [5.41, 5.74) is -0.948. The largest absolute Gasteiger partial charge is 0.386 e. The van der Waals surface area contributed by atoms with Crippen LogP contribution in [0.2, 0.25) is 0 Å². The van der Waals surface area contributed by atoms with Gasteiger partial charge in [-0.25, -0.2) is 4.79 Å². The molecule has 8 nitrogen and oxygen atoms in total. The predicted octanol–water partition coefficient (Wildman–Crippen LogP) is -0.134. The highest BCUT2D eigenvalue weighted by atomic mass is 32.1. The average molecular weight is 378 g/mol. The van der Waals surface area contributed by atoms with Crippen molar-refractivity contribution in [3.05, 3.63) is 55.5 Å².